The van der Waals surface area contributed by atoms with Crippen LogP contribution < -0.4 is 15.8 Å². The van der Waals surface area contributed by atoms with Gasteiger partial charge >= 0.3 is 0 Å². The molecule has 0 spiro atoms. The first kappa shape index (κ1) is 11.4. The second-order valence-corrected chi connectivity index (χ2v) is 4.15. The SMILES string of the molecule is COc1nc(C2CCCNC2)ccc1CN. The molecule has 0 aromatic carbocycles. The first-order chi connectivity index (χ1) is 7.85. The van der Waals surface area contributed by atoms with Crippen LogP contribution in [0.25, 0.3) is 0 Å². The maximum Gasteiger partial charge on any atom is 0.217 e. The highest BCUT2D eigenvalue weighted by atomic mass is 16.5. The molecule has 88 valence electrons. The Hall–Kier alpha value is -1.13. The van der Waals surface area contributed by atoms with Crippen LogP contribution in [0.5, 0.6) is 5.88 Å². The summed E-state index contributed by atoms with van der Waals surface area (Å²) in [7, 11) is 1.64. The topological polar surface area (TPSA) is 60.2 Å². The fraction of sp³-hybridized carbons (Fsp3) is 0.583. The van der Waals surface area contributed by atoms with E-state index in [1.165, 1.54) is 12.8 Å². The number of methoxy groups -OCH3 is 1. The number of nitrogens with zero attached hydrogens (tertiary/aromatic N) is 1. The van der Waals surface area contributed by atoms with Gasteiger partial charge in [-0.2, -0.15) is 0 Å². The number of piperidine rings is 1. The number of pyridine rings is 1. The number of nitrogens with two attached hydrogens (primary N) is 1. The summed E-state index contributed by atoms with van der Waals surface area (Å²) in [6.45, 7) is 2.60. The van der Waals surface area contributed by atoms with Crippen LogP contribution in [0.2, 0.25) is 0 Å². The minimum absolute atomic E-state index is 0.472. The number of rotatable bonds is 3. The highest BCUT2D eigenvalue weighted by Crippen LogP contribution is 2.25. The molecule has 1 unspecified atom stereocenters. The highest BCUT2D eigenvalue weighted by molar-refractivity contribution is 5.29. The van der Waals surface area contributed by atoms with E-state index < -0.39 is 0 Å². The van der Waals surface area contributed by atoms with Crippen molar-refractivity contribution in [2.75, 3.05) is 20.2 Å². The number of nitrogens with one attached hydrogen (secondary N) is 1. The third-order valence-electron chi connectivity index (χ3n) is 3.09. The molecule has 0 saturated carbocycles. The van der Waals surface area contributed by atoms with Gasteiger partial charge in [0.25, 0.3) is 0 Å². The average Bonchev–Trinajstić information content (AvgIpc) is 2.39. The van der Waals surface area contributed by atoms with Crippen molar-refractivity contribution >= 4 is 0 Å². The Morgan fingerprint density at radius 1 is 1.56 bits per heavy atom. The van der Waals surface area contributed by atoms with E-state index in [0.29, 0.717) is 18.3 Å². The van der Waals surface area contributed by atoms with Crippen LogP contribution in [0.15, 0.2) is 12.1 Å². The average molecular weight is 221 g/mol. The van der Waals surface area contributed by atoms with Crippen molar-refractivity contribution in [3.63, 3.8) is 0 Å². The third-order valence-corrected chi connectivity index (χ3v) is 3.09. The molecule has 1 atom stereocenters. The normalized spacial score (nSPS) is 20.8. The Kier molecular flexibility index (Phi) is 3.74. The summed E-state index contributed by atoms with van der Waals surface area (Å²) in [6.07, 6.45) is 2.42. The Labute approximate surface area is 96.2 Å². The van der Waals surface area contributed by atoms with Crippen molar-refractivity contribution in [1.82, 2.24) is 10.3 Å². The fourth-order valence-electron chi connectivity index (χ4n) is 2.15. The molecule has 2 heterocycles. The first-order valence-corrected chi connectivity index (χ1v) is 5.79. The second-order valence-electron chi connectivity index (χ2n) is 4.15. The van der Waals surface area contributed by atoms with Crippen molar-refractivity contribution in [2.45, 2.75) is 25.3 Å². The van der Waals surface area contributed by atoms with E-state index in [2.05, 4.69) is 16.4 Å². The van der Waals surface area contributed by atoms with E-state index in [0.717, 1.165) is 24.3 Å². The molecule has 1 aliphatic rings. The van der Waals surface area contributed by atoms with Crippen LogP contribution in [0.1, 0.15) is 30.0 Å². The zero-order chi connectivity index (χ0) is 11.4. The summed E-state index contributed by atoms with van der Waals surface area (Å²) in [6, 6.07) is 4.10. The monoisotopic (exact) mass is 221 g/mol. The van der Waals surface area contributed by atoms with Crippen LogP contribution in [0.4, 0.5) is 0 Å². The predicted octanol–water partition coefficient (Wildman–Crippen LogP) is 1.02. The van der Waals surface area contributed by atoms with Crippen LogP contribution in [0.3, 0.4) is 0 Å². The minimum atomic E-state index is 0.472. The maximum atomic E-state index is 5.62. The number of ether oxygens (including phenoxy) is 1. The van der Waals surface area contributed by atoms with Gasteiger partial charge in [-0.25, -0.2) is 4.98 Å². The molecule has 1 aromatic heterocycles. The summed E-state index contributed by atoms with van der Waals surface area (Å²) in [5, 5.41) is 3.39. The van der Waals surface area contributed by atoms with Crippen molar-refractivity contribution in [1.29, 1.82) is 0 Å². The van der Waals surface area contributed by atoms with Crippen molar-refractivity contribution < 1.29 is 4.74 Å². The number of aromatic nitrogens is 1. The van der Waals surface area contributed by atoms with Crippen LogP contribution in [-0.4, -0.2) is 25.2 Å². The zero-order valence-corrected chi connectivity index (χ0v) is 9.70. The van der Waals surface area contributed by atoms with Gasteiger partial charge in [0.15, 0.2) is 0 Å². The molecule has 4 nitrogen and oxygen atoms in total. The van der Waals surface area contributed by atoms with Gasteiger partial charge in [-0.05, 0) is 25.5 Å². The lowest BCUT2D eigenvalue weighted by Crippen LogP contribution is -2.28. The molecular weight excluding hydrogens is 202 g/mol. The fourth-order valence-corrected chi connectivity index (χ4v) is 2.15. The molecule has 0 aliphatic carbocycles. The van der Waals surface area contributed by atoms with Gasteiger partial charge in [0.1, 0.15) is 0 Å². The molecule has 1 aliphatic heterocycles. The minimum Gasteiger partial charge on any atom is -0.481 e. The van der Waals surface area contributed by atoms with Gasteiger partial charge in [-0.1, -0.05) is 6.07 Å². The molecule has 0 radical (unpaired) electrons. The van der Waals surface area contributed by atoms with E-state index in [1.54, 1.807) is 7.11 Å². The predicted molar refractivity (Wildman–Crippen MR) is 63.5 cm³/mol. The molecule has 4 heteroatoms. The first-order valence-electron chi connectivity index (χ1n) is 5.79. The van der Waals surface area contributed by atoms with Gasteiger partial charge < -0.3 is 15.8 Å². The Balaban J connectivity index is 2.20. The van der Waals surface area contributed by atoms with E-state index in [1.807, 2.05) is 6.07 Å². The molecule has 16 heavy (non-hydrogen) atoms. The summed E-state index contributed by atoms with van der Waals surface area (Å²) in [5.74, 6) is 1.18. The third kappa shape index (κ3) is 2.33. The van der Waals surface area contributed by atoms with Gasteiger partial charge in [0.05, 0.1) is 7.11 Å². The van der Waals surface area contributed by atoms with Gasteiger partial charge in [-0.15, -0.1) is 0 Å². The molecule has 0 amide bonds. The molecular formula is C12H19N3O. The molecule has 2 rings (SSSR count). The number of hydrogen-bond donors (Lipinski definition) is 2. The lowest BCUT2D eigenvalue weighted by Gasteiger charge is -2.22. The van der Waals surface area contributed by atoms with Crippen molar-refractivity contribution in [2.24, 2.45) is 5.73 Å². The second kappa shape index (κ2) is 5.27. The van der Waals surface area contributed by atoms with Crippen molar-refractivity contribution in [3.05, 3.63) is 23.4 Å². The lowest BCUT2D eigenvalue weighted by molar-refractivity contribution is 0.385. The summed E-state index contributed by atoms with van der Waals surface area (Å²) >= 11 is 0. The van der Waals surface area contributed by atoms with Crippen LogP contribution in [-0.2, 0) is 6.54 Å². The van der Waals surface area contributed by atoms with E-state index in [9.17, 15) is 0 Å². The highest BCUT2D eigenvalue weighted by Gasteiger charge is 2.17. The largest absolute Gasteiger partial charge is 0.481 e. The molecule has 0 bridgehead atoms. The van der Waals surface area contributed by atoms with E-state index in [4.69, 9.17) is 10.5 Å². The van der Waals surface area contributed by atoms with Gasteiger partial charge in [0, 0.05) is 30.3 Å². The quantitative estimate of drug-likeness (QED) is 0.800. The standard InChI is InChI=1S/C12H19N3O/c1-16-12-9(7-13)4-5-11(15-12)10-3-2-6-14-8-10/h4-5,10,14H,2-3,6-8,13H2,1H3. The summed E-state index contributed by atoms with van der Waals surface area (Å²) < 4.78 is 5.26. The summed E-state index contributed by atoms with van der Waals surface area (Å²) in [4.78, 5) is 4.54. The Bertz CT molecular complexity index is 348. The molecule has 1 saturated heterocycles. The van der Waals surface area contributed by atoms with E-state index in [-0.39, 0.29) is 0 Å². The molecule has 1 aromatic rings. The van der Waals surface area contributed by atoms with Gasteiger partial charge in [-0.3, -0.25) is 0 Å². The Morgan fingerprint density at radius 3 is 3.06 bits per heavy atom. The van der Waals surface area contributed by atoms with Crippen molar-refractivity contribution in [3.8, 4) is 5.88 Å². The maximum absolute atomic E-state index is 5.62. The van der Waals surface area contributed by atoms with Crippen LogP contribution in [0, 0.1) is 0 Å². The van der Waals surface area contributed by atoms with E-state index >= 15 is 0 Å². The smallest absolute Gasteiger partial charge is 0.217 e. The number of hydrogen-bond acceptors (Lipinski definition) is 4. The summed E-state index contributed by atoms with van der Waals surface area (Å²) in [5.41, 5.74) is 7.70. The van der Waals surface area contributed by atoms with Gasteiger partial charge in [0.2, 0.25) is 5.88 Å². The van der Waals surface area contributed by atoms with Crippen LogP contribution >= 0.6 is 0 Å². The molecule has 3 N–H and O–H groups in total. The molecule has 1 fully saturated rings. The lowest BCUT2D eigenvalue weighted by atomic mass is 9.95. The zero-order valence-electron chi connectivity index (χ0n) is 9.70. The Morgan fingerprint density at radius 2 is 2.44 bits per heavy atom.